The first-order chi connectivity index (χ1) is 12.1. The molecule has 6 nitrogen and oxygen atoms in total. The lowest BCUT2D eigenvalue weighted by atomic mass is 10.2. The third kappa shape index (κ3) is 7.27. The molecule has 2 rings (SSSR count). The number of nitrogens with one attached hydrogen (secondary N) is 1. The van der Waals surface area contributed by atoms with E-state index >= 15 is 0 Å². The molecule has 0 spiro atoms. The van der Waals surface area contributed by atoms with E-state index in [1.54, 1.807) is 26.4 Å². The van der Waals surface area contributed by atoms with E-state index in [9.17, 15) is 0 Å². The van der Waals surface area contributed by atoms with Gasteiger partial charge in [-0.25, -0.2) is 4.99 Å². The Labute approximate surface area is 175 Å². The van der Waals surface area contributed by atoms with Gasteiger partial charge in [-0.2, -0.15) is 0 Å². The van der Waals surface area contributed by atoms with E-state index < -0.39 is 0 Å². The molecule has 8 heteroatoms. The van der Waals surface area contributed by atoms with E-state index in [1.165, 1.54) is 0 Å². The Balaban J connectivity index is 0.00000338. The van der Waals surface area contributed by atoms with Gasteiger partial charge in [0, 0.05) is 12.8 Å². The van der Waals surface area contributed by atoms with E-state index in [0.717, 1.165) is 17.0 Å². The van der Waals surface area contributed by atoms with Gasteiger partial charge in [0.05, 0.1) is 25.3 Å². The SMILES string of the molecule is COCCOc1cccc(CN=C(N)Nc2ccc(OC)c(Cl)c2)c1.I. The summed E-state index contributed by atoms with van der Waals surface area (Å²) >= 11 is 6.09. The third-order valence-electron chi connectivity index (χ3n) is 3.31. The number of methoxy groups -OCH3 is 2. The van der Waals surface area contributed by atoms with Gasteiger partial charge >= 0.3 is 0 Å². The van der Waals surface area contributed by atoms with Crippen LogP contribution in [0.3, 0.4) is 0 Å². The van der Waals surface area contributed by atoms with E-state index in [2.05, 4.69) is 10.3 Å². The quantitative estimate of drug-likeness (QED) is 0.253. The molecule has 0 unspecified atom stereocenters. The van der Waals surface area contributed by atoms with Crippen molar-refractivity contribution in [3.8, 4) is 11.5 Å². The van der Waals surface area contributed by atoms with Crippen molar-refractivity contribution in [3.63, 3.8) is 0 Å². The molecule has 0 saturated carbocycles. The Bertz CT molecular complexity index is 729. The number of nitrogens with two attached hydrogens (primary N) is 1. The van der Waals surface area contributed by atoms with Crippen LogP contribution in [0.1, 0.15) is 5.56 Å². The summed E-state index contributed by atoms with van der Waals surface area (Å²) in [6.45, 7) is 1.49. The fourth-order valence-corrected chi connectivity index (χ4v) is 2.34. The van der Waals surface area contributed by atoms with Crippen molar-refractivity contribution in [2.45, 2.75) is 6.54 Å². The first-order valence-corrected chi connectivity index (χ1v) is 8.11. The topological polar surface area (TPSA) is 78.1 Å². The van der Waals surface area contributed by atoms with Crippen molar-refractivity contribution in [3.05, 3.63) is 53.1 Å². The average molecular weight is 492 g/mol. The van der Waals surface area contributed by atoms with Crippen molar-refractivity contribution in [1.82, 2.24) is 0 Å². The van der Waals surface area contributed by atoms with Gasteiger partial charge in [-0.05, 0) is 35.9 Å². The van der Waals surface area contributed by atoms with Gasteiger partial charge in [0.1, 0.15) is 18.1 Å². The summed E-state index contributed by atoms with van der Waals surface area (Å²) in [5.74, 6) is 1.68. The Morgan fingerprint density at radius 1 is 1.15 bits per heavy atom. The van der Waals surface area contributed by atoms with Crippen LogP contribution >= 0.6 is 35.6 Å². The van der Waals surface area contributed by atoms with Crippen molar-refractivity contribution in [2.24, 2.45) is 10.7 Å². The number of nitrogens with zero attached hydrogens (tertiary/aromatic N) is 1. The smallest absolute Gasteiger partial charge is 0.193 e. The van der Waals surface area contributed by atoms with Gasteiger partial charge in [-0.3, -0.25) is 0 Å². The molecule has 2 aromatic carbocycles. The zero-order valence-electron chi connectivity index (χ0n) is 14.7. The van der Waals surface area contributed by atoms with Gasteiger partial charge < -0.3 is 25.3 Å². The van der Waals surface area contributed by atoms with Crippen LogP contribution in [-0.2, 0) is 11.3 Å². The second-order valence-electron chi connectivity index (χ2n) is 5.16. The number of aliphatic imine (C=N–C) groups is 1. The Kier molecular flexibility index (Phi) is 10.2. The van der Waals surface area contributed by atoms with Crippen LogP contribution in [-0.4, -0.2) is 33.4 Å². The van der Waals surface area contributed by atoms with Crippen LogP contribution in [0.2, 0.25) is 5.02 Å². The minimum Gasteiger partial charge on any atom is -0.495 e. The second kappa shape index (κ2) is 11.8. The predicted octanol–water partition coefficient (Wildman–Crippen LogP) is 3.92. The highest BCUT2D eigenvalue weighted by atomic mass is 127. The second-order valence-corrected chi connectivity index (χ2v) is 5.57. The summed E-state index contributed by atoms with van der Waals surface area (Å²) in [6.07, 6.45) is 0. The number of benzene rings is 2. The summed E-state index contributed by atoms with van der Waals surface area (Å²) in [5, 5.41) is 3.50. The van der Waals surface area contributed by atoms with Crippen molar-refractivity contribution in [2.75, 3.05) is 32.8 Å². The lowest BCUT2D eigenvalue weighted by molar-refractivity contribution is 0.146. The van der Waals surface area contributed by atoms with Crippen LogP contribution < -0.4 is 20.5 Å². The molecule has 0 heterocycles. The molecule has 0 radical (unpaired) electrons. The monoisotopic (exact) mass is 491 g/mol. The van der Waals surface area contributed by atoms with Crippen LogP contribution in [0, 0.1) is 0 Å². The zero-order valence-corrected chi connectivity index (χ0v) is 17.8. The molecule has 0 aliphatic rings. The molecule has 0 amide bonds. The summed E-state index contributed by atoms with van der Waals surface area (Å²) in [7, 11) is 3.21. The zero-order chi connectivity index (χ0) is 18.1. The van der Waals surface area contributed by atoms with Crippen molar-refractivity contribution in [1.29, 1.82) is 0 Å². The summed E-state index contributed by atoms with van der Waals surface area (Å²) in [6, 6.07) is 13.0. The number of anilines is 1. The summed E-state index contributed by atoms with van der Waals surface area (Å²) in [5.41, 5.74) is 7.66. The standard InChI is InChI=1S/C18H22ClN3O3.HI/c1-23-8-9-25-15-5-3-4-13(10-15)12-21-18(20)22-14-6-7-17(24-2)16(19)11-14;/h3-7,10-11H,8-9,12H2,1-2H3,(H3,20,21,22);1H. The third-order valence-corrected chi connectivity index (χ3v) is 3.61. The predicted molar refractivity (Wildman–Crippen MR) is 116 cm³/mol. The molecular weight excluding hydrogens is 469 g/mol. The molecule has 0 aliphatic carbocycles. The minimum atomic E-state index is 0. The number of rotatable bonds is 8. The first-order valence-electron chi connectivity index (χ1n) is 7.73. The van der Waals surface area contributed by atoms with E-state index in [4.69, 9.17) is 31.5 Å². The van der Waals surface area contributed by atoms with E-state index in [-0.39, 0.29) is 24.0 Å². The molecule has 0 fully saturated rings. The van der Waals surface area contributed by atoms with Crippen LogP contribution in [0.5, 0.6) is 11.5 Å². The maximum atomic E-state index is 6.09. The molecule has 0 atom stereocenters. The van der Waals surface area contributed by atoms with Crippen LogP contribution in [0.4, 0.5) is 5.69 Å². The average Bonchev–Trinajstić information content (AvgIpc) is 2.61. The van der Waals surface area contributed by atoms with Crippen molar-refractivity contribution >= 4 is 47.2 Å². The largest absolute Gasteiger partial charge is 0.495 e. The van der Waals surface area contributed by atoms with Gasteiger partial charge in [0.2, 0.25) is 0 Å². The number of halogens is 2. The normalized spacial score (nSPS) is 10.8. The molecule has 3 N–H and O–H groups in total. The fraction of sp³-hybridized carbons (Fsp3) is 0.278. The Hall–Kier alpha value is -1.71. The lowest BCUT2D eigenvalue weighted by Gasteiger charge is -2.09. The van der Waals surface area contributed by atoms with Gasteiger partial charge in [-0.15, -0.1) is 24.0 Å². The number of hydrogen-bond donors (Lipinski definition) is 2. The molecular formula is C18H23ClIN3O3. The van der Waals surface area contributed by atoms with Crippen LogP contribution in [0.15, 0.2) is 47.5 Å². The van der Waals surface area contributed by atoms with E-state index in [0.29, 0.717) is 36.5 Å². The van der Waals surface area contributed by atoms with Crippen LogP contribution in [0.25, 0.3) is 0 Å². The minimum absolute atomic E-state index is 0. The lowest BCUT2D eigenvalue weighted by Crippen LogP contribution is -2.22. The molecule has 0 aliphatic heterocycles. The maximum absolute atomic E-state index is 6.09. The summed E-state index contributed by atoms with van der Waals surface area (Å²) < 4.78 is 15.7. The molecule has 0 saturated heterocycles. The molecule has 26 heavy (non-hydrogen) atoms. The molecule has 142 valence electrons. The number of ether oxygens (including phenoxy) is 3. The highest BCUT2D eigenvalue weighted by Crippen LogP contribution is 2.27. The molecule has 0 aromatic heterocycles. The Morgan fingerprint density at radius 3 is 2.65 bits per heavy atom. The van der Waals surface area contributed by atoms with Gasteiger partial charge in [-0.1, -0.05) is 23.7 Å². The Morgan fingerprint density at radius 2 is 1.96 bits per heavy atom. The molecule has 2 aromatic rings. The van der Waals surface area contributed by atoms with Gasteiger partial charge in [0.25, 0.3) is 0 Å². The van der Waals surface area contributed by atoms with E-state index in [1.807, 2.05) is 30.3 Å². The highest BCUT2D eigenvalue weighted by Gasteiger charge is 2.03. The maximum Gasteiger partial charge on any atom is 0.193 e. The molecule has 0 bridgehead atoms. The summed E-state index contributed by atoms with van der Waals surface area (Å²) in [4.78, 5) is 4.33. The first kappa shape index (κ1) is 22.3. The fourth-order valence-electron chi connectivity index (χ4n) is 2.08. The van der Waals surface area contributed by atoms with Gasteiger partial charge in [0.15, 0.2) is 5.96 Å². The number of hydrogen-bond acceptors (Lipinski definition) is 4. The van der Waals surface area contributed by atoms with Crippen molar-refractivity contribution < 1.29 is 14.2 Å². The highest BCUT2D eigenvalue weighted by molar-refractivity contribution is 14.0. The number of guanidine groups is 1.